The fraction of sp³-hybridized carbons (Fsp3) is 0.222. The van der Waals surface area contributed by atoms with Gasteiger partial charge in [0.05, 0.1) is 5.92 Å². The van der Waals surface area contributed by atoms with Crippen molar-refractivity contribution in [2.75, 3.05) is 19.7 Å². The zero-order valence-electron chi connectivity index (χ0n) is 13.7. The fourth-order valence-corrected chi connectivity index (χ4v) is 2.62. The average molecular weight is 354 g/mol. The summed E-state index contributed by atoms with van der Waals surface area (Å²) in [5, 5.41) is 3.96. The molecule has 2 aromatic heterocycles. The third kappa shape index (κ3) is 3.39. The Balaban J connectivity index is 1.29. The van der Waals surface area contributed by atoms with Gasteiger partial charge in [0, 0.05) is 31.0 Å². The van der Waals surface area contributed by atoms with Gasteiger partial charge in [0.1, 0.15) is 11.6 Å². The molecule has 0 aliphatic carbocycles. The molecule has 1 aliphatic rings. The zero-order valence-corrected chi connectivity index (χ0v) is 13.7. The Morgan fingerprint density at radius 3 is 2.81 bits per heavy atom. The van der Waals surface area contributed by atoms with E-state index in [0.29, 0.717) is 30.6 Å². The first kappa shape index (κ1) is 16.2. The van der Waals surface area contributed by atoms with Crippen LogP contribution in [0.25, 0.3) is 11.4 Å². The SMILES string of the molecule is O=C(COc1ccc(F)cc1)N1CC(c2nc(-c3cccnc3)no2)C1. The summed E-state index contributed by atoms with van der Waals surface area (Å²) in [5.74, 6) is 0.972. The lowest BCUT2D eigenvalue weighted by Gasteiger charge is -2.36. The van der Waals surface area contributed by atoms with Crippen LogP contribution in [-0.4, -0.2) is 45.6 Å². The second-order valence-corrected chi connectivity index (χ2v) is 5.94. The Morgan fingerprint density at radius 1 is 1.27 bits per heavy atom. The smallest absolute Gasteiger partial charge is 0.260 e. The predicted molar refractivity (Wildman–Crippen MR) is 88.7 cm³/mol. The molecule has 1 amide bonds. The van der Waals surface area contributed by atoms with E-state index in [4.69, 9.17) is 9.26 Å². The molecule has 26 heavy (non-hydrogen) atoms. The molecule has 0 unspecified atom stereocenters. The van der Waals surface area contributed by atoms with E-state index in [1.165, 1.54) is 24.3 Å². The van der Waals surface area contributed by atoms with Crippen LogP contribution in [0.1, 0.15) is 11.8 Å². The number of likely N-dealkylation sites (tertiary alicyclic amines) is 1. The Bertz CT molecular complexity index is 892. The number of rotatable bonds is 5. The van der Waals surface area contributed by atoms with E-state index in [0.717, 1.165) is 5.56 Å². The van der Waals surface area contributed by atoms with Crippen LogP contribution in [0.2, 0.25) is 0 Å². The Labute approximate surface area is 148 Å². The summed E-state index contributed by atoms with van der Waals surface area (Å²) in [5.41, 5.74) is 0.780. The molecule has 1 aliphatic heterocycles. The minimum Gasteiger partial charge on any atom is -0.484 e. The molecule has 3 aromatic rings. The van der Waals surface area contributed by atoms with Crippen LogP contribution in [0.4, 0.5) is 4.39 Å². The van der Waals surface area contributed by atoms with E-state index < -0.39 is 0 Å². The number of aromatic nitrogens is 3. The molecule has 7 nitrogen and oxygen atoms in total. The highest BCUT2D eigenvalue weighted by molar-refractivity contribution is 5.78. The number of pyridine rings is 1. The van der Waals surface area contributed by atoms with E-state index in [1.54, 1.807) is 23.4 Å². The number of carbonyl (C=O) groups is 1. The van der Waals surface area contributed by atoms with E-state index >= 15 is 0 Å². The monoisotopic (exact) mass is 354 g/mol. The Hall–Kier alpha value is -3.29. The van der Waals surface area contributed by atoms with Gasteiger partial charge in [-0.3, -0.25) is 9.78 Å². The average Bonchev–Trinajstić information content (AvgIpc) is 3.10. The second-order valence-electron chi connectivity index (χ2n) is 5.94. The van der Waals surface area contributed by atoms with Crippen LogP contribution in [0.3, 0.4) is 0 Å². The standard InChI is InChI=1S/C18H15FN4O3/c19-14-3-5-15(6-4-14)25-11-16(24)23-9-13(10-23)18-21-17(22-26-18)12-2-1-7-20-8-12/h1-8,13H,9-11H2. The predicted octanol–water partition coefficient (Wildman–Crippen LogP) is 2.28. The highest BCUT2D eigenvalue weighted by Crippen LogP contribution is 2.27. The molecule has 0 bridgehead atoms. The summed E-state index contributed by atoms with van der Waals surface area (Å²) in [6, 6.07) is 9.20. The van der Waals surface area contributed by atoms with E-state index in [1.807, 2.05) is 6.07 Å². The molecule has 0 spiro atoms. The minimum absolute atomic E-state index is 0.0164. The molecule has 1 aromatic carbocycles. The molecule has 1 fully saturated rings. The van der Waals surface area contributed by atoms with Crippen molar-refractivity contribution in [3.8, 4) is 17.1 Å². The Morgan fingerprint density at radius 2 is 2.08 bits per heavy atom. The highest BCUT2D eigenvalue weighted by Gasteiger charge is 2.35. The molecule has 0 radical (unpaired) electrons. The van der Waals surface area contributed by atoms with Crippen molar-refractivity contribution in [3.05, 3.63) is 60.5 Å². The first-order valence-corrected chi connectivity index (χ1v) is 8.09. The zero-order chi connectivity index (χ0) is 17.9. The number of hydrogen-bond acceptors (Lipinski definition) is 6. The van der Waals surface area contributed by atoms with Crippen molar-refractivity contribution in [1.82, 2.24) is 20.0 Å². The van der Waals surface area contributed by atoms with Gasteiger partial charge in [-0.25, -0.2) is 4.39 Å². The topological polar surface area (TPSA) is 81.4 Å². The van der Waals surface area contributed by atoms with Crippen LogP contribution in [0, 0.1) is 5.82 Å². The highest BCUT2D eigenvalue weighted by atomic mass is 19.1. The summed E-state index contributed by atoms with van der Waals surface area (Å²) in [6.07, 6.45) is 3.34. The van der Waals surface area contributed by atoms with Crippen molar-refractivity contribution in [3.63, 3.8) is 0 Å². The van der Waals surface area contributed by atoms with Crippen LogP contribution >= 0.6 is 0 Å². The van der Waals surface area contributed by atoms with Crippen LogP contribution in [-0.2, 0) is 4.79 Å². The molecule has 0 atom stereocenters. The van der Waals surface area contributed by atoms with Gasteiger partial charge in [-0.1, -0.05) is 5.16 Å². The van der Waals surface area contributed by atoms with Gasteiger partial charge in [0.15, 0.2) is 6.61 Å². The second kappa shape index (κ2) is 6.91. The molecule has 0 saturated carbocycles. The number of hydrogen-bond donors (Lipinski definition) is 0. The van der Waals surface area contributed by atoms with Gasteiger partial charge < -0.3 is 14.2 Å². The maximum Gasteiger partial charge on any atom is 0.260 e. The summed E-state index contributed by atoms with van der Waals surface area (Å²) >= 11 is 0. The van der Waals surface area contributed by atoms with Crippen molar-refractivity contribution in [1.29, 1.82) is 0 Å². The van der Waals surface area contributed by atoms with Gasteiger partial charge in [0.2, 0.25) is 11.7 Å². The van der Waals surface area contributed by atoms with Crippen molar-refractivity contribution in [2.45, 2.75) is 5.92 Å². The number of halogens is 1. The van der Waals surface area contributed by atoms with Crippen LogP contribution in [0.15, 0.2) is 53.3 Å². The minimum atomic E-state index is -0.348. The van der Waals surface area contributed by atoms with E-state index in [9.17, 15) is 9.18 Å². The van der Waals surface area contributed by atoms with Gasteiger partial charge in [0.25, 0.3) is 5.91 Å². The number of carbonyl (C=O) groups excluding carboxylic acids is 1. The van der Waals surface area contributed by atoms with Crippen LogP contribution < -0.4 is 4.74 Å². The molecule has 0 N–H and O–H groups in total. The third-order valence-corrected chi connectivity index (χ3v) is 4.12. The summed E-state index contributed by atoms with van der Waals surface area (Å²) in [6.45, 7) is 0.906. The third-order valence-electron chi connectivity index (χ3n) is 4.12. The largest absolute Gasteiger partial charge is 0.484 e. The molecular weight excluding hydrogens is 339 g/mol. The summed E-state index contributed by atoms with van der Waals surface area (Å²) in [7, 11) is 0. The molecule has 132 valence electrons. The Kier molecular flexibility index (Phi) is 4.30. The number of benzene rings is 1. The van der Waals surface area contributed by atoms with Crippen LogP contribution in [0.5, 0.6) is 5.75 Å². The van der Waals surface area contributed by atoms with Crippen molar-refractivity contribution < 1.29 is 18.4 Å². The van der Waals surface area contributed by atoms with Gasteiger partial charge >= 0.3 is 0 Å². The molecular formula is C18H15FN4O3. The lowest BCUT2D eigenvalue weighted by molar-refractivity contribution is -0.138. The van der Waals surface area contributed by atoms with Crippen molar-refractivity contribution >= 4 is 5.91 Å². The molecule has 1 saturated heterocycles. The normalized spacial score (nSPS) is 14.1. The number of amides is 1. The van der Waals surface area contributed by atoms with Gasteiger partial charge in [-0.2, -0.15) is 4.98 Å². The lowest BCUT2D eigenvalue weighted by atomic mass is 10.0. The van der Waals surface area contributed by atoms with Gasteiger partial charge in [-0.05, 0) is 36.4 Å². The number of ether oxygens (including phenoxy) is 1. The first-order chi connectivity index (χ1) is 12.7. The van der Waals surface area contributed by atoms with E-state index in [2.05, 4.69) is 15.1 Å². The lowest BCUT2D eigenvalue weighted by Crippen LogP contribution is -2.50. The van der Waals surface area contributed by atoms with E-state index in [-0.39, 0.29) is 24.2 Å². The summed E-state index contributed by atoms with van der Waals surface area (Å²) < 4.78 is 23.5. The number of nitrogens with zero attached hydrogens (tertiary/aromatic N) is 4. The molecule has 3 heterocycles. The van der Waals surface area contributed by atoms with Gasteiger partial charge in [-0.15, -0.1) is 0 Å². The van der Waals surface area contributed by atoms with Crippen molar-refractivity contribution in [2.24, 2.45) is 0 Å². The fourth-order valence-electron chi connectivity index (χ4n) is 2.62. The summed E-state index contributed by atoms with van der Waals surface area (Å²) in [4.78, 5) is 22.2. The molecule has 8 heteroatoms. The maximum absolute atomic E-state index is 12.8. The maximum atomic E-state index is 12.8. The molecule has 4 rings (SSSR count). The first-order valence-electron chi connectivity index (χ1n) is 8.09. The quantitative estimate of drug-likeness (QED) is 0.699.